The van der Waals surface area contributed by atoms with Crippen LogP contribution in [0.5, 0.6) is 0 Å². The molecule has 8 nitrogen and oxygen atoms in total. The van der Waals surface area contributed by atoms with Crippen LogP contribution in [0.15, 0.2) is 53.4 Å². The van der Waals surface area contributed by atoms with Crippen molar-refractivity contribution < 1.29 is 31.6 Å². The molecule has 1 saturated heterocycles. The maximum atomic E-state index is 13.3. The van der Waals surface area contributed by atoms with E-state index < -0.39 is 38.7 Å². The van der Waals surface area contributed by atoms with E-state index in [1.165, 1.54) is 4.90 Å². The lowest BCUT2D eigenvalue weighted by Gasteiger charge is -2.36. The Hall–Kier alpha value is -3.34. The fraction of sp³-hybridized carbons (Fsp3) is 0.348. The first-order valence-corrected chi connectivity index (χ1v) is 12.3. The summed E-state index contributed by atoms with van der Waals surface area (Å²) in [4.78, 5) is 40.7. The average Bonchev–Trinajstić information content (AvgIpc) is 2.83. The van der Waals surface area contributed by atoms with Gasteiger partial charge in [0.2, 0.25) is 21.1 Å². The first-order valence-electron chi connectivity index (χ1n) is 10.8. The van der Waals surface area contributed by atoms with Gasteiger partial charge < -0.3 is 15.1 Å². The number of hydrogen-bond donors (Lipinski definition) is 1. The largest absolute Gasteiger partial charge is 0.339 e. The molecule has 0 bridgehead atoms. The van der Waals surface area contributed by atoms with Crippen LogP contribution in [0.3, 0.4) is 0 Å². The molecule has 1 aliphatic heterocycles. The highest BCUT2D eigenvalue weighted by Gasteiger charge is 2.39. The van der Waals surface area contributed by atoms with Crippen LogP contribution in [0.25, 0.3) is 0 Å². The third-order valence-corrected chi connectivity index (χ3v) is 7.32. The number of sulfone groups is 1. The van der Waals surface area contributed by atoms with Gasteiger partial charge in [0, 0.05) is 38.2 Å². The summed E-state index contributed by atoms with van der Waals surface area (Å²) in [5.41, 5.74) is -0.0384. The molecule has 3 amide bonds. The summed E-state index contributed by atoms with van der Waals surface area (Å²) in [5.74, 6) is -3.05. The molecular formula is C23H25F2N3O5S. The van der Waals surface area contributed by atoms with E-state index in [2.05, 4.69) is 5.32 Å². The molecule has 0 spiro atoms. The molecular weight excluding hydrogens is 468 g/mol. The van der Waals surface area contributed by atoms with Crippen LogP contribution >= 0.6 is 0 Å². The van der Waals surface area contributed by atoms with Crippen LogP contribution in [0, 0.1) is 11.6 Å². The lowest BCUT2D eigenvalue weighted by molar-refractivity contribution is -0.139. The smallest absolute Gasteiger partial charge is 0.261 e. The molecule has 1 N–H and O–H groups in total. The fourth-order valence-corrected chi connectivity index (χ4v) is 5.01. The Kier molecular flexibility index (Phi) is 7.98. The molecule has 0 radical (unpaired) electrons. The molecule has 11 heteroatoms. The topological polar surface area (TPSA) is 104 Å². The maximum absolute atomic E-state index is 13.3. The van der Waals surface area contributed by atoms with Crippen LogP contribution in [0.2, 0.25) is 0 Å². The Labute approximate surface area is 196 Å². The molecule has 0 saturated carbocycles. The summed E-state index contributed by atoms with van der Waals surface area (Å²) >= 11 is 0. The Morgan fingerprint density at radius 1 is 0.882 bits per heavy atom. The molecule has 2 aromatic carbocycles. The number of piperazine rings is 1. The first-order chi connectivity index (χ1) is 16.1. The Balaban J connectivity index is 1.86. The molecule has 0 aromatic heterocycles. The second-order valence-electron chi connectivity index (χ2n) is 7.82. The van der Waals surface area contributed by atoms with Crippen molar-refractivity contribution in [1.29, 1.82) is 0 Å². The van der Waals surface area contributed by atoms with Gasteiger partial charge in [-0.25, -0.2) is 17.2 Å². The van der Waals surface area contributed by atoms with Gasteiger partial charge in [-0.05, 0) is 55.0 Å². The van der Waals surface area contributed by atoms with Gasteiger partial charge in [-0.2, -0.15) is 0 Å². The van der Waals surface area contributed by atoms with E-state index in [1.54, 1.807) is 4.90 Å². The van der Waals surface area contributed by atoms with Crippen LogP contribution < -0.4 is 5.32 Å². The number of benzene rings is 2. The van der Waals surface area contributed by atoms with Crippen molar-refractivity contribution in [1.82, 2.24) is 15.1 Å². The Morgan fingerprint density at radius 3 is 1.91 bits per heavy atom. The fourth-order valence-electron chi connectivity index (χ4n) is 3.55. The van der Waals surface area contributed by atoms with E-state index in [0.717, 1.165) is 48.5 Å². The third kappa shape index (κ3) is 5.77. The van der Waals surface area contributed by atoms with Crippen LogP contribution in [0.4, 0.5) is 8.78 Å². The first kappa shape index (κ1) is 25.3. The minimum absolute atomic E-state index is 0.0384. The van der Waals surface area contributed by atoms with E-state index in [0.29, 0.717) is 12.8 Å². The molecule has 1 fully saturated rings. The number of nitrogens with one attached hydrogen (secondary N) is 1. The summed E-state index contributed by atoms with van der Waals surface area (Å²) in [6.45, 7) is 2.54. The highest BCUT2D eigenvalue weighted by molar-refractivity contribution is 7.92. The van der Waals surface area contributed by atoms with Gasteiger partial charge in [0.25, 0.3) is 11.8 Å². The normalized spacial score (nSPS) is 15.0. The molecule has 3 rings (SSSR count). The zero-order chi connectivity index (χ0) is 24.9. The maximum Gasteiger partial charge on any atom is 0.261 e. The van der Waals surface area contributed by atoms with Crippen molar-refractivity contribution in [2.45, 2.75) is 30.0 Å². The van der Waals surface area contributed by atoms with Gasteiger partial charge in [0.05, 0.1) is 4.90 Å². The van der Waals surface area contributed by atoms with Crippen molar-refractivity contribution in [2.24, 2.45) is 0 Å². The van der Waals surface area contributed by atoms with Gasteiger partial charge in [-0.3, -0.25) is 14.4 Å². The molecule has 0 aliphatic carbocycles. The van der Waals surface area contributed by atoms with Crippen molar-refractivity contribution in [3.05, 3.63) is 65.7 Å². The SMILES string of the molecule is CCCC(=O)N1CCN(C(=O)[C@@H](NC(=O)c2ccc(F)cc2)S(=O)(=O)c2ccc(F)cc2)CC1. The molecule has 34 heavy (non-hydrogen) atoms. The van der Waals surface area contributed by atoms with E-state index in [1.807, 2.05) is 6.92 Å². The molecule has 182 valence electrons. The standard InChI is InChI=1S/C23H25F2N3O5S/c1-2-3-20(29)27-12-14-28(15-13-27)23(31)22(26-21(30)16-4-6-17(24)7-5-16)34(32,33)19-10-8-18(25)9-11-19/h4-11,22H,2-3,12-15H2,1H3,(H,26,30)/t22-/m0/s1. The molecule has 1 aliphatic rings. The monoisotopic (exact) mass is 493 g/mol. The zero-order valence-electron chi connectivity index (χ0n) is 18.5. The molecule has 2 aromatic rings. The minimum Gasteiger partial charge on any atom is -0.339 e. The van der Waals surface area contributed by atoms with E-state index in [4.69, 9.17) is 0 Å². The number of amides is 3. The number of carbonyl (C=O) groups is 3. The van der Waals surface area contributed by atoms with Crippen molar-refractivity contribution in [2.75, 3.05) is 26.2 Å². The van der Waals surface area contributed by atoms with Crippen molar-refractivity contribution >= 4 is 27.6 Å². The summed E-state index contributed by atoms with van der Waals surface area (Å²) in [6.07, 6.45) is 1.06. The summed E-state index contributed by atoms with van der Waals surface area (Å²) < 4.78 is 53.2. The number of carbonyl (C=O) groups excluding carboxylic acids is 3. The predicted molar refractivity (Wildman–Crippen MR) is 119 cm³/mol. The quantitative estimate of drug-likeness (QED) is 0.594. The number of rotatable bonds is 7. The average molecular weight is 494 g/mol. The van der Waals surface area contributed by atoms with Gasteiger partial charge in [-0.1, -0.05) is 6.92 Å². The zero-order valence-corrected chi connectivity index (χ0v) is 19.4. The van der Waals surface area contributed by atoms with Gasteiger partial charge in [0.15, 0.2) is 0 Å². The minimum atomic E-state index is -4.46. The van der Waals surface area contributed by atoms with Crippen molar-refractivity contribution in [3.8, 4) is 0 Å². The Morgan fingerprint density at radius 2 is 1.38 bits per heavy atom. The molecule has 1 heterocycles. The summed E-state index contributed by atoms with van der Waals surface area (Å²) in [5, 5.41) is 0.250. The van der Waals surface area contributed by atoms with E-state index >= 15 is 0 Å². The molecule has 1 atom stereocenters. The van der Waals surface area contributed by atoms with Gasteiger partial charge in [0.1, 0.15) is 11.6 Å². The second kappa shape index (κ2) is 10.7. The van der Waals surface area contributed by atoms with E-state index in [9.17, 15) is 31.6 Å². The summed E-state index contributed by atoms with van der Waals surface area (Å²) in [7, 11) is -4.46. The Bertz CT molecular complexity index is 1150. The van der Waals surface area contributed by atoms with Crippen LogP contribution in [0.1, 0.15) is 30.1 Å². The van der Waals surface area contributed by atoms with Crippen LogP contribution in [-0.2, 0) is 19.4 Å². The van der Waals surface area contributed by atoms with E-state index in [-0.39, 0.29) is 42.5 Å². The third-order valence-electron chi connectivity index (χ3n) is 5.45. The number of nitrogens with zero attached hydrogens (tertiary/aromatic N) is 2. The predicted octanol–water partition coefficient (Wildman–Crippen LogP) is 1.97. The highest BCUT2D eigenvalue weighted by atomic mass is 32.2. The second-order valence-corrected chi connectivity index (χ2v) is 9.85. The van der Waals surface area contributed by atoms with Crippen LogP contribution in [-0.4, -0.2) is 67.5 Å². The van der Waals surface area contributed by atoms with Crippen molar-refractivity contribution in [3.63, 3.8) is 0 Å². The summed E-state index contributed by atoms with van der Waals surface area (Å²) in [6, 6.07) is 8.29. The highest BCUT2D eigenvalue weighted by Crippen LogP contribution is 2.19. The van der Waals surface area contributed by atoms with Gasteiger partial charge >= 0.3 is 0 Å². The lowest BCUT2D eigenvalue weighted by atomic mass is 10.2. The number of halogens is 2. The lowest BCUT2D eigenvalue weighted by Crippen LogP contribution is -2.57. The molecule has 0 unspecified atom stereocenters. The van der Waals surface area contributed by atoms with Gasteiger partial charge in [-0.15, -0.1) is 0 Å². The number of hydrogen-bond acceptors (Lipinski definition) is 5.